The van der Waals surface area contributed by atoms with Crippen molar-refractivity contribution in [1.29, 1.82) is 0 Å². The van der Waals surface area contributed by atoms with Gasteiger partial charge in [-0.1, -0.05) is 25.0 Å². The van der Waals surface area contributed by atoms with E-state index in [1.807, 2.05) is 4.68 Å². The van der Waals surface area contributed by atoms with Crippen LogP contribution in [0.15, 0.2) is 42.6 Å². The molecule has 7 heteroatoms. The van der Waals surface area contributed by atoms with E-state index in [-0.39, 0.29) is 6.04 Å². The molecule has 25 heavy (non-hydrogen) atoms. The maximum absolute atomic E-state index is 12.7. The Morgan fingerprint density at radius 1 is 1.24 bits per heavy atom. The van der Waals surface area contributed by atoms with Crippen LogP contribution >= 0.6 is 0 Å². The molecule has 1 aliphatic rings. The van der Waals surface area contributed by atoms with Crippen LogP contribution in [0.2, 0.25) is 0 Å². The van der Waals surface area contributed by atoms with Crippen LogP contribution in [0, 0.1) is 0 Å². The Bertz CT molecular complexity index is 774. The number of carbonyl (C=O) groups is 1. The number of benzene rings is 1. The summed E-state index contributed by atoms with van der Waals surface area (Å²) in [4.78, 5) is 12.1. The number of hydrogen-bond donors (Lipinski definition) is 1. The lowest BCUT2D eigenvalue weighted by Crippen LogP contribution is -2.15. The number of rotatable bonds is 4. The van der Waals surface area contributed by atoms with E-state index in [0.717, 1.165) is 37.8 Å². The highest BCUT2D eigenvalue weighted by Crippen LogP contribution is 2.31. The number of amides is 1. The number of carbonyl (C=O) groups excluding carboxylic acids is 1. The first-order valence-electron chi connectivity index (χ1n) is 8.13. The summed E-state index contributed by atoms with van der Waals surface area (Å²) in [6, 6.07) is 6.84. The van der Waals surface area contributed by atoms with E-state index < -0.39 is 17.6 Å². The van der Waals surface area contributed by atoms with Crippen LogP contribution in [0.3, 0.4) is 0 Å². The smallest absolute Gasteiger partial charge is 0.307 e. The van der Waals surface area contributed by atoms with Gasteiger partial charge < -0.3 is 5.32 Å². The van der Waals surface area contributed by atoms with Crippen LogP contribution in [0.5, 0.6) is 0 Å². The first-order chi connectivity index (χ1) is 11.9. The molecular formula is C18H18F3N3O. The third-order valence-electron chi connectivity index (χ3n) is 4.23. The lowest BCUT2D eigenvalue weighted by Gasteiger charge is -2.13. The predicted octanol–water partition coefficient (Wildman–Crippen LogP) is 4.67. The molecule has 1 heterocycles. The van der Waals surface area contributed by atoms with Crippen molar-refractivity contribution in [2.24, 2.45) is 0 Å². The molecule has 3 rings (SSSR count). The van der Waals surface area contributed by atoms with Crippen molar-refractivity contribution in [2.45, 2.75) is 37.9 Å². The highest BCUT2D eigenvalue weighted by Gasteiger charge is 2.30. The van der Waals surface area contributed by atoms with Gasteiger partial charge >= 0.3 is 6.18 Å². The summed E-state index contributed by atoms with van der Waals surface area (Å²) in [5.41, 5.74) is -0.427. The van der Waals surface area contributed by atoms with Crippen molar-refractivity contribution in [3.05, 3.63) is 53.7 Å². The maximum atomic E-state index is 12.7. The summed E-state index contributed by atoms with van der Waals surface area (Å²) in [6.07, 6.45) is 4.17. The van der Waals surface area contributed by atoms with Gasteiger partial charge in [0.05, 0.1) is 17.8 Å². The normalized spacial score (nSPS) is 15.8. The molecule has 1 saturated carbocycles. The van der Waals surface area contributed by atoms with Gasteiger partial charge in [-0.2, -0.15) is 18.3 Å². The summed E-state index contributed by atoms with van der Waals surface area (Å²) in [5.74, 6) is 0.197. The van der Waals surface area contributed by atoms with Crippen molar-refractivity contribution in [3.63, 3.8) is 0 Å². The number of anilines is 1. The largest absolute Gasteiger partial charge is 0.416 e. The summed E-state index contributed by atoms with van der Waals surface area (Å²) in [7, 11) is 0. The van der Waals surface area contributed by atoms with Gasteiger partial charge in [-0.05, 0) is 36.6 Å². The molecular weight excluding hydrogens is 331 g/mol. The first-order valence-corrected chi connectivity index (χ1v) is 8.13. The molecule has 1 amide bonds. The zero-order valence-electron chi connectivity index (χ0n) is 13.5. The maximum Gasteiger partial charge on any atom is 0.416 e. The third-order valence-corrected chi connectivity index (χ3v) is 4.23. The molecule has 1 N–H and O–H groups in total. The second-order valence-electron chi connectivity index (χ2n) is 6.05. The Hall–Kier alpha value is -2.57. The van der Waals surface area contributed by atoms with Gasteiger partial charge in [0, 0.05) is 12.1 Å². The molecule has 0 atom stereocenters. The minimum atomic E-state index is -4.40. The molecule has 1 aliphatic carbocycles. The molecule has 0 unspecified atom stereocenters. The number of nitrogens with zero attached hydrogens (tertiary/aromatic N) is 2. The van der Waals surface area contributed by atoms with E-state index in [9.17, 15) is 18.0 Å². The SMILES string of the molecule is O=C(/C=C/c1cccc(C(F)(F)F)c1)Nc1ccnn1C1CCCC1. The van der Waals surface area contributed by atoms with Crippen LogP contribution in [-0.4, -0.2) is 15.7 Å². The van der Waals surface area contributed by atoms with E-state index in [2.05, 4.69) is 10.4 Å². The van der Waals surface area contributed by atoms with E-state index in [0.29, 0.717) is 11.4 Å². The molecule has 1 aromatic heterocycles. The zero-order valence-corrected chi connectivity index (χ0v) is 13.5. The van der Waals surface area contributed by atoms with Crippen molar-refractivity contribution in [3.8, 4) is 0 Å². The number of hydrogen-bond acceptors (Lipinski definition) is 2. The van der Waals surface area contributed by atoms with Crippen LogP contribution in [0.1, 0.15) is 42.9 Å². The molecule has 0 bridgehead atoms. The minimum absolute atomic E-state index is 0.290. The average Bonchev–Trinajstić information content (AvgIpc) is 3.23. The van der Waals surface area contributed by atoms with Crippen molar-refractivity contribution >= 4 is 17.8 Å². The van der Waals surface area contributed by atoms with Gasteiger partial charge in [-0.3, -0.25) is 4.79 Å². The van der Waals surface area contributed by atoms with E-state index >= 15 is 0 Å². The number of nitrogens with one attached hydrogen (secondary N) is 1. The highest BCUT2D eigenvalue weighted by molar-refractivity contribution is 6.01. The van der Waals surface area contributed by atoms with Crippen LogP contribution in [0.25, 0.3) is 6.08 Å². The second kappa shape index (κ2) is 7.13. The Balaban J connectivity index is 1.67. The summed E-state index contributed by atoms with van der Waals surface area (Å²) in [6.45, 7) is 0. The van der Waals surface area contributed by atoms with Gasteiger partial charge in [0.15, 0.2) is 0 Å². The van der Waals surface area contributed by atoms with Crippen LogP contribution in [0.4, 0.5) is 19.0 Å². The minimum Gasteiger partial charge on any atom is -0.307 e. The Morgan fingerprint density at radius 2 is 2.00 bits per heavy atom. The van der Waals surface area contributed by atoms with Crippen LogP contribution < -0.4 is 5.32 Å². The van der Waals surface area contributed by atoms with Crippen molar-refractivity contribution in [2.75, 3.05) is 5.32 Å². The molecule has 132 valence electrons. The highest BCUT2D eigenvalue weighted by atomic mass is 19.4. The summed E-state index contributed by atoms with van der Waals surface area (Å²) in [5, 5.41) is 7.00. The molecule has 0 saturated heterocycles. The van der Waals surface area contributed by atoms with Gasteiger partial charge in [0.2, 0.25) is 5.91 Å². The lowest BCUT2D eigenvalue weighted by atomic mass is 10.1. The Morgan fingerprint density at radius 3 is 2.72 bits per heavy atom. The fourth-order valence-electron chi connectivity index (χ4n) is 3.01. The van der Waals surface area contributed by atoms with Crippen molar-refractivity contribution < 1.29 is 18.0 Å². The van der Waals surface area contributed by atoms with Crippen molar-refractivity contribution in [1.82, 2.24) is 9.78 Å². The van der Waals surface area contributed by atoms with E-state index in [4.69, 9.17) is 0 Å². The lowest BCUT2D eigenvalue weighted by molar-refractivity contribution is -0.137. The summed E-state index contributed by atoms with van der Waals surface area (Å²) >= 11 is 0. The Kier molecular flexibility index (Phi) is 4.92. The number of aromatic nitrogens is 2. The second-order valence-corrected chi connectivity index (χ2v) is 6.05. The van der Waals surface area contributed by atoms with Gasteiger partial charge in [0.1, 0.15) is 5.82 Å². The monoisotopic (exact) mass is 349 g/mol. The van der Waals surface area contributed by atoms with Crippen LogP contribution in [-0.2, 0) is 11.0 Å². The van der Waals surface area contributed by atoms with Gasteiger partial charge in [-0.25, -0.2) is 4.68 Å². The van der Waals surface area contributed by atoms with E-state index in [1.165, 1.54) is 24.3 Å². The quantitative estimate of drug-likeness (QED) is 0.816. The van der Waals surface area contributed by atoms with Gasteiger partial charge in [-0.15, -0.1) is 0 Å². The zero-order chi connectivity index (χ0) is 17.9. The van der Waals surface area contributed by atoms with Gasteiger partial charge in [0.25, 0.3) is 0 Å². The predicted molar refractivity (Wildman–Crippen MR) is 88.8 cm³/mol. The fourth-order valence-corrected chi connectivity index (χ4v) is 3.01. The fraction of sp³-hybridized carbons (Fsp3) is 0.333. The average molecular weight is 349 g/mol. The molecule has 1 aromatic carbocycles. The molecule has 0 radical (unpaired) electrons. The number of halogens is 3. The number of alkyl halides is 3. The molecule has 2 aromatic rings. The first kappa shape index (κ1) is 17.3. The molecule has 1 fully saturated rings. The topological polar surface area (TPSA) is 46.9 Å². The Labute approximate surface area is 143 Å². The molecule has 0 aliphatic heterocycles. The summed E-state index contributed by atoms with van der Waals surface area (Å²) < 4.78 is 39.9. The molecule has 0 spiro atoms. The standard InChI is InChI=1S/C18H18F3N3O/c19-18(20,21)14-5-3-4-13(12-14)8-9-17(25)23-16-10-11-22-24(16)15-6-1-2-7-15/h3-5,8-12,15H,1-2,6-7H2,(H,23,25)/b9-8+. The molecule has 4 nitrogen and oxygen atoms in total. The third kappa shape index (κ3) is 4.29. The van der Waals surface area contributed by atoms with E-state index in [1.54, 1.807) is 12.3 Å².